The molecule has 0 aliphatic carbocycles. The second-order valence-corrected chi connectivity index (χ2v) is 5.47. The molecule has 1 atom stereocenters. The minimum atomic E-state index is -0.886. The molecule has 0 heterocycles. The van der Waals surface area contributed by atoms with Gasteiger partial charge in [0, 0.05) is 19.8 Å². The van der Waals surface area contributed by atoms with E-state index >= 15 is 0 Å². The average Bonchev–Trinajstić information content (AvgIpc) is 2.53. The third-order valence-electron chi connectivity index (χ3n) is 3.58. The number of ether oxygens (including phenoxy) is 1. The van der Waals surface area contributed by atoms with Crippen LogP contribution < -0.4 is 9.64 Å². The lowest BCUT2D eigenvalue weighted by molar-refractivity contribution is -0.139. The van der Waals surface area contributed by atoms with E-state index < -0.39 is 11.9 Å². The van der Waals surface area contributed by atoms with Gasteiger partial charge in [-0.3, -0.25) is 4.79 Å². The highest BCUT2D eigenvalue weighted by Crippen LogP contribution is 2.24. The van der Waals surface area contributed by atoms with Crippen molar-refractivity contribution in [2.24, 2.45) is 0 Å². The molecule has 23 heavy (non-hydrogen) atoms. The van der Waals surface area contributed by atoms with E-state index in [4.69, 9.17) is 4.74 Å². The molecule has 0 saturated carbocycles. The predicted octanol–water partition coefficient (Wildman–Crippen LogP) is 3.53. The number of carboxylic acids is 1. The Labute approximate surface area is 135 Å². The maximum Gasteiger partial charge on any atom is 0.311 e. The van der Waals surface area contributed by atoms with Gasteiger partial charge in [-0.1, -0.05) is 12.1 Å². The molecular weight excluding hydrogens is 297 g/mol. The van der Waals surface area contributed by atoms with Crippen molar-refractivity contribution in [3.8, 4) is 5.75 Å². The molecule has 0 spiro atoms. The number of halogens is 1. The zero-order chi connectivity index (χ0) is 16.8. The Bertz CT molecular complexity index is 656. The number of carboxylic acid groups (broad SMARTS) is 1. The van der Waals surface area contributed by atoms with Crippen LogP contribution in [0.1, 0.15) is 17.9 Å². The molecule has 0 bridgehead atoms. The van der Waals surface area contributed by atoms with E-state index in [1.807, 2.05) is 43.3 Å². The van der Waals surface area contributed by atoms with Gasteiger partial charge in [-0.25, -0.2) is 4.39 Å². The van der Waals surface area contributed by atoms with Crippen molar-refractivity contribution in [2.45, 2.75) is 12.3 Å². The molecule has 0 radical (unpaired) electrons. The number of rotatable bonds is 7. The molecule has 4 nitrogen and oxygen atoms in total. The van der Waals surface area contributed by atoms with E-state index in [0.29, 0.717) is 12.2 Å². The molecule has 5 heteroatoms. The van der Waals surface area contributed by atoms with Gasteiger partial charge in [-0.2, -0.15) is 0 Å². The van der Waals surface area contributed by atoms with Crippen LogP contribution in [0, 0.1) is 5.82 Å². The summed E-state index contributed by atoms with van der Waals surface area (Å²) in [6.45, 7) is 0.245. The maximum atomic E-state index is 12.8. The number of anilines is 1. The Hall–Kier alpha value is -2.56. The Balaban J connectivity index is 2.03. The molecule has 0 aliphatic rings. The first kappa shape index (κ1) is 16.8. The third-order valence-corrected chi connectivity index (χ3v) is 3.58. The molecule has 1 N–H and O–H groups in total. The number of hydrogen-bond acceptors (Lipinski definition) is 3. The van der Waals surface area contributed by atoms with Crippen LogP contribution in [0.3, 0.4) is 0 Å². The summed E-state index contributed by atoms with van der Waals surface area (Å²) in [6, 6.07) is 13.1. The Kier molecular flexibility index (Phi) is 5.57. The lowest BCUT2D eigenvalue weighted by Crippen LogP contribution is -2.16. The van der Waals surface area contributed by atoms with Crippen LogP contribution in [0.25, 0.3) is 0 Å². The fourth-order valence-electron chi connectivity index (χ4n) is 2.28. The summed E-state index contributed by atoms with van der Waals surface area (Å²) in [4.78, 5) is 13.5. The lowest BCUT2D eigenvalue weighted by atomic mass is 9.95. The molecular formula is C18H20FNO3. The normalized spacial score (nSPS) is 11.8. The quantitative estimate of drug-likeness (QED) is 0.849. The Morgan fingerprint density at radius 1 is 1.22 bits per heavy atom. The van der Waals surface area contributed by atoms with Gasteiger partial charge in [0.2, 0.25) is 0 Å². The third kappa shape index (κ3) is 4.71. The standard InChI is InChI=1S/C18H20FNO3/c1-20(2)15-5-3-4-13(12-15)17(18(21)22)10-11-23-16-8-6-14(19)7-9-16/h3-9,12,17H,10-11H2,1-2H3,(H,21,22). The van der Waals surface area contributed by atoms with Gasteiger partial charge >= 0.3 is 5.97 Å². The predicted molar refractivity (Wildman–Crippen MR) is 87.7 cm³/mol. The van der Waals surface area contributed by atoms with Crippen molar-refractivity contribution in [3.05, 3.63) is 59.9 Å². The number of hydrogen-bond donors (Lipinski definition) is 1. The topological polar surface area (TPSA) is 49.8 Å². The molecule has 2 rings (SSSR count). The van der Waals surface area contributed by atoms with E-state index in [9.17, 15) is 14.3 Å². The maximum absolute atomic E-state index is 12.8. The van der Waals surface area contributed by atoms with Crippen molar-refractivity contribution in [3.63, 3.8) is 0 Å². The first-order valence-corrected chi connectivity index (χ1v) is 7.36. The van der Waals surface area contributed by atoms with Crippen molar-refractivity contribution in [1.82, 2.24) is 0 Å². The van der Waals surface area contributed by atoms with Gasteiger partial charge in [0.1, 0.15) is 11.6 Å². The highest BCUT2D eigenvalue weighted by atomic mass is 19.1. The monoisotopic (exact) mass is 317 g/mol. The van der Waals surface area contributed by atoms with Crippen molar-refractivity contribution in [1.29, 1.82) is 0 Å². The van der Waals surface area contributed by atoms with Gasteiger partial charge in [-0.15, -0.1) is 0 Å². The molecule has 0 aliphatic heterocycles. The second kappa shape index (κ2) is 7.63. The molecule has 2 aromatic rings. The highest BCUT2D eigenvalue weighted by Gasteiger charge is 2.20. The SMILES string of the molecule is CN(C)c1cccc(C(CCOc2ccc(F)cc2)C(=O)O)c1. The summed E-state index contributed by atoms with van der Waals surface area (Å²) < 4.78 is 18.3. The summed E-state index contributed by atoms with van der Waals surface area (Å²) >= 11 is 0. The van der Waals surface area contributed by atoms with Crippen molar-refractivity contribution >= 4 is 11.7 Å². The number of aliphatic carboxylic acids is 1. The van der Waals surface area contributed by atoms with Gasteiger partial charge in [0.05, 0.1) is 12.5 Å². The largest absolute Gasteiger partial charge is 0.494 e. The first-order chi connectivity index (χ1) is 11.0. The summed E-state index contributed by atoms with van der Waals surface area (Å²) in [7, 11) is 3.82. The molecule has 0 aromatic heterocycles. The van der Waals surface area contributed by atoms with Crippen LogP contribution in [0.2, 0.25) is 0 Å². The van der Waals surface area contributed by atoms with E-state index in [1.165, 1.54) is 24.3 Å². The molecule has 0 saturated heterocycles. The van der Waals surface area contributed by atoms with Gasteiger partial charge < -0.3 is 14.7 Å². The zero-order valence-corrected chi connectivity index (χ0v) is 13.2. The van der Waals surface area contributed by atoms with E-state index in [2.05, 4.69) is 0 Å². The van der Waals surface area contributed by atoms with E-state index in [1.54, 1.807) is 0 Å². The Morgan fingerprint density at radius 3 is 2.52 bits per heavy atom. The minimum Gasteiger partial charge on any atom is -0.494 e. The van der Waals surface area contributed by atoms with Gasteiger partial charge in [-0.05, 0) is 48.4 Å². The summed E-state index contributed by atoms with van der Waals surface area (Å²) in [5.41, 5.74) is 1.69. The smallest absolute Gasteiger partial charge is 0.311 e. The molecule has 122 valence electrons. The van der Waals surface area contributed by atoms with E-state index in [0.717, 1.165) is 11.3 Å². The Morgan fingerprint density at radius 2 is 1.91 bits per heavy atom. The van der Waals surface area contributed by atoms with Crippen molar-refractivity contribution in [2.75, 3.05) is 25.6 Å². The highest BCUT2D eigenvalue weighted by molar-refractivity contribution is 5.76. The summed E-state index contributed by atoms with van der Waals surface area (Å²) in [5.74, 6) is -1.34. The minimum absolute atomic E-state index is 0.245. The first-order valence-electron chi connectivity index (χ1n) is 7.36. The lowest BCUT2D eigenvalue weighted by Gasteiger charge is -2.17. The molecule has 0 fully saturated rings. The summed E-state index contributed by atoms with van der Waals surface area (Å²) in [5, 5.41) is 9.47. The van der Waals surface area contributed by atoms with Crippen molar-refractivity contribution < 1.29 is 19.0 Å². The van der Waals surface area contributed by atoms with Crippen LogP contribution in [0.15, 0.2) is 48.5 Å². The number of nitrogens with zero attached hydrogens (tertiary/aromatic N) is 1. The molecule has 1 unspecified atom stereocenters. The fourth-order valence-corrected chi connectivity index (χ4v) is 2.28. The van der Waals surface area contributed by atoms with E-state index in [-0.39, 0.29) is 12.4 Å². The van der Waals surface area contributed by atoms with Crippen LogP contribution >= 0.6 is 0 Å². The summed E-state index contributed by atoms with van der Waals surface area (Å²) in [6.07, 6.45) is 0.337. The van der Waals surface area contributed by atoms with Crippen LogP contribution in [-0.4, -0.2) is 31.8 Å². The molecule has 2 aromatic carbocycles. The van der Waals surface area contributed by atoms with Gasteiger partial charge in [0.15, 0.2) is 0 Å². The zero-order valence-electron chi connectivity index (χ0n) is 13.2. The average molecular weight is 317 g/mol. The van der Waals surface area contributed by atoms with Crippen LogP contribution in [0.5, 0.6) is 5.75 Å². The molecule has 0 amide bonds. The second-order valence-electron chi connectivity index (χ2n) is 5.47. The number of benzene rings is 2. The fraction of sp³-hybridized carbons (Fsp3) is 0.278. The van der Waals surface area contributed by atoms with Crippen LogP contribution in [0.4, 0.5) is 10.1 Å². The van der Waals surface area contributed by atoms with Crippen LogP contribution in [-0.2, 0) is 4.79 Å². The number of carbonyl (C=O) groups is 1. The van der Waals surface area contributed by atoms with Gasteiger partial charge in [0.25, 0.3) is 0 Å².